The molecular weight excluding hydrogens is 386 g/mol. The van der Waals surface area contributed by atoms with Gasteiger partial charge in [0.25, 0.3) is 0 Å². The zero-order valence-corrected chi connectivity index (χ0v) is 19.4. The van der Waals surface area contributed by atoms with Crippen molar-refractivity contribution in [2.24, 2.45) is 0 Å². The van der Waals surface area contributed by atoms with Crippen LogP contribution in [0.5, 0.6) is 5.75 Å². The van der Waals surface area contributed by atoms with Gasteiger partial charge in [-0.05, 0) is 50.3 Å². The lowest BCUT2D eigenvalue weighted by Gasteiger charge is -2.28. The summed E-state index contributed by atoms with van der Waals surface area (Å²) in [5.41, 5.74) is 1.48. The number of methoxy groups -OCH3 is 1. The first-order chi connectivity index (χ1) is 14.4. The highest BCUT2D eigenvalue weighted by Crippen LogP contribution is 2.30. The lowest BCUT2D eigenvalue weighted by Crippen LogP contribution is -2.24. The average Bonchev–Trinajstić information content (AvgIpc) is 2.79. The van der Waals surface area contributed by atoms with Crippen LogP contribution in [0.2, 0.25) is 0 Å². The minimum Gasteiger partial charge on any atom is -0.498 e. The van der Waals surface area contributed by atoms with Crippen molar-refractivity contribution in [3.63, 3.8) is 0 Å². The Morgan fingerprint density at radius 3 is 2.13 bits per heavy atom. The minimum atomic E-state index is -0.976. The largest absolute Gasteiger partial charge is 0.498 e. The first kappa shape index (κ1) is 26.2. The Hall–Kier alpha value is -1.88. The van der Waals surface area contributed by atoms with Crippen LogP contribution in [0.4, 0.5) is 8.78 Å². The Balaban J connectivity index is 0.00000141. The number of ether oxygens (including phenoxy) is 3. The summed E-state index contributed by atoms with van der Waals surface area (Å²) in [6.07, 6.45) is 5.25. The summed E-state index contributed by atoms with van der Waals surface area (Å²) in [5.74, 6) is -0.924. The van der Waals surface area contributed by atoms with Crippen LogP contribution in [0, 0.1) is 0 Å². The van der Waals surface area contributed by atoms with E-state index in [1.165, 1.54) is 26.0 Å². The van der Waals surface area contributed by atoms with Crippen molar-refractivity contribution >= 4 is 0 Å². The first-order valence-corrected chi connectivity index (χ1v) is 11.0. The standard InChI is InChI=1S/C22H30F2O3.C3H8/c1-5-16(22(24)21(23)15(3)25-4)13-27-20-11-7-17(8-12-20)18-9-10-19(6-2)26-14-18;1-3-2/h7-8,11-12,18-19H,5-6,9-10,13-14H2,1-4H3;3H2,1-2H3/b21-15-,22-16-;. The second-order valence-electron chi connectivity index (χ2n) is 7.55. The molecule has 0 aliphatic carbocycles. The van der Waals surface area contributed by atoms with E-state index in [2.05, 4.69) is 20.8 Å². The van der Waals surface area contributed by atoms with E-state index in [1.807, 2.05) is 24.3 Å². The second-order valence-corrected chi connectivity index (χ2v) is 7.55. The lowest BCUT2D eigenvalue weighted by molar-refractivity contribution is 0.00202. The van der Waals surface area contributed by atoms with Gasteiger partial charge in [0.05, 0.1) is 19.8 Å². The molecule has 170 valence electrons. The molecule has 0 bridgehead atoms. The van der Waals surface area contributed by atoms with Crippen molar-refractivity contribution in [1.29, 1.82) is 0 Å². The van der Waals surface area contributed by atoms with Gasteiger partial charge in [-0.25, -0.2) is 8.78 Å². The van der Waals surface area contributed by atoms with Crippen LogP contribution in [0.3, 0.4) is 0 Å². The summed E-state index contributed by atoms with van der Waals surface area (Å²) < 4.78 is 44.4. The van der Waals surface area contributed by atoms with Crippen molar-refractivity contribution < 1.29 is 23.0 Å². The van der Waals surface area contributed by atoms with Crippen molar-refractivity contribution in [3.8, 4) is 5.75 Å². The van der Waals surface area contributed by atoms with Crippen molar-refractivity contribution in [2.75, 3.05) is 20.3 Å². The first-order valence-electron chi connectivity index (χ1n) is 11.0. The molecule has 3 nitrogen and oxygen atoms in total. The molecule has 0 aromatic heterocycles. The fraction of sp³-hybridized carbons (Fsp3) is 0.600. The number of hydrogen-bond acceptors (Lipinski definition) is 3. The predicted octanol–water partition coefficient (Wildman–Crippen LogP) is 7.64. The van der Waals surface area contributed by atoms with Crippen LogP contribution in [0.25, 0.3) is 0 Å². The maximum Gasteiger partial charge on any atom is 0.196 e. The summed E-state index contributed by atoms with van der Waals surface area (Å²) in [6, 6.07) is 7.80. The van der Waals surface area contributed by atoms with E-state index in [1.54, 1.807) is 6.92 Å². The van der Waals surface area contributed by atoms with E-state index >= 15 is 0 Å². The molecule has 0 radical (unpaired) electrons. The third-order valence-corrected chi connectivity index (χ3v) is 5.14. The summed E-state index contributed by atoms with van der Waals surface area (Å²) in [6.45, 7) is 10.3. The maximum atomic E-state index is 14.2. The highest BCUT2D eigenvalue weighted by molar-refractivity contribution is 5.31. The van der Waals surface area contributed by atoms with Gasteiger partial charge in [-0.3, -0.25) is 0 Å². The van der Waals surface area contributed by atoms with E-state index in [-0.39, 0.29) is 17.9 Å². The van der Waals surface area contributed by atoms with Gasteiger partial charge in [0, 0.05) is 11.5 Å². The molecule has 0 amide bonds. The Morgan fingerprint density at radius 2 is 1.67 bits per heavy atom. The van der Waals surface area contributed by atoms with Gasteiger partial charge in [0.15, 0.2) is 11.7 Å². The molecular formula is C25H38F2O3. The third kappa shape index (κ3) is 8.10. The summed E-state index contributed by atoms with van der Waals surface area (Å²) >= 11 is 0. The van der Waals surface area contributed by atoms with Crippen LogP contribution < -0.4 is 4.74 Å². The van der Waals surface area contributed by atoms with Gasteiger partial charge in [-0.15, -0.1) is 0 Å². The molecule has 1 aliphatic rings. The van der Waals surface area contributed by atoms with Crippen LogP contribution in [-0.2, 0) is 9.47 Å². The molecule has 1 aromatic rings. The zero-order valence-electron chi connectivity index (χ0n) is 19.4. The fourth-order valence-corrected chi connectivity index (χ4v) is 3.12. The molecule has 1 aromatic carbocycles. The van der Waals surface area contributed by atoms with Crippen LogP contribution in [0.15, 0.2) is 47.3 Å². The lowest BCUT2D eigenvalue weighted by atomic mass is 9.91. The number of benzene rings is 1. The van der Waals surface area contributed by atoms with E-state index < -0.39 is 11.7 Å². The van der Waals surface area contributed by atoms with Gasteiger partial charge in [-0.2, -0.15) is 0 Å². The molecule has 2 unspecified atom stereocenters. The van der Waals surface area contributed by atoms with Crippen LogP contribution in [0.1, 0.15) is 78.2 Å². The Morgan fingerprint density at radius 1 is 1.03 bits per heavy atom. The molecule has 0 saturated carbocycles. The smallest absolute Gasteiger partial charge is 0.196 e. The molecule has 5 heteroatoms. The van der Waals surface area contributed by atoms with Crippen LogP contribution >= 0.6 is 0 Å². The van der Waals surface area contributed by atoms with E-state index in [9.17, 15) is 8.78 Å². The number of halogens is 2. The monoisotopic (exact) mass is 424 g/mol. The molecule has 1 fully saturated rings. The molecule has 1 heterocycles. The van der Waals surface area contributed by atoms with Crippen molar-refractivity contribution in [2.45, 2.75) is 78.7 Å². The number of allylic oxidation sites excluding steroid dienone is 3. The number of rotatable bonds is 8. The van der Waals surface area contributed by atoms with Crippen LogP contribution in [-0.4, -0.2) is 26.4 Å². The number of hydrogen-bond donors (Lipinski definition) is 0. The van der Waals surface area contributed by atoms with Gasteiger partial charge < -0.3 is 14.2 Å². The van der Waals surface area contributed by atoms with E-state index in [0.717, 1.165) is 25.9 Å². The summed E-state index contributed by atoms with van der Waals surface area (Å²) in [5, 5.41) is 0. The summed E-state index contributed by atoms with van der Waals surface area (Å²) in [4.78, 5) is 0. The second kappa shape index (κ2) is 14.2. The zero-order chi connectivity index (χ0) is 22.5. The van der Waals surface area contributed by atoms with E-state index in [0.29, 0.717) is 24.2 Å². The third-order valence-electron chi connectivity index (χ3n) is 5.14. The van der Waals surface area contributed by atoms with Gasteiger partial charge in [0.1, 0.15) is 18.1 Å². The Labute approximate surface area is 181 Å². The van der Waals surface area contributed by atoms with Gasteiger partial charge in [0.2, 0.25) is 0 Å². The van der Waals surface area contributed by atoms with Crippen molar-refractivity contribution in [1.82, 2.24) is 0 Å². The van der Waals surface area contributed by atoms with Crippen molar-refractivity contribution in [3.05, 3.63) is 52.8 Å². The molecule has 0 N–H and O–H groups in total. The Kier molecular flexibility index (Phi) is 12.4. The average molecular weight is 425 g/mol. The van der Waals surface area contributed by atoms with E-state index in [4.69, 9.17) is 14.2 Å². The normalized spacial score (nSPS) is 20.4. The SMILES string of the molecule is CC/C(COc1ccc(C2CCC(CC)OC2)cc1)=C(F)\C(F)=C(/C)OC.CCC. The highest BCUT2D eigenvalue weighted by atomic mass is 19.2. The predicted molar refractivity (Wildman–Crippen MR) is 119 cm³/mol. The minimum absolute atomic E-state index is 0.00316. The molecule has 2 rings (SSSR count). The molecule has 30 heavy (non-hydrogen) atoms. The highest BCUT2D eigenvalue weighted by Gasteiger charge is 2.21. The fourth-order valence-electron chi connectivity index (χ4n) is 3.12. The van der Waals surface area contributed by atoms with Gasteiger partial charge >= 0.3 is 0 Å². The molecule has 2 atom stereocenters. The van der Waals surface area contributed by atoms with Gasteiger partial charge in [-0.1, -0.05) is 46.2 Å². The molecule has 1 saturated heterocycles. The quantitative estimate of drug-likeness (QED) is 0.317. The topological polar surface area (TPSA) is 27.7 Å². The Bertz CT molecular complexity index is 672. The molecule has 0 spiro atoms. The summed E-state index contributed by atoms with van der Waals surface area (Å²) in [7, 11) is 1.31. The maximum absolute atomic E-state index is 14.2. The molecule has 1 aliphatic heterocycles.